The molecule has 2 aliphatic rings. The van der Waals surface area contributed by atoms with Crippen LogP contribution in [0, 0.1) is 5.92 Å². The second kappa shape index (κ2) is 3.51. The third-order valence-corrected chi connectivity index (χ3v) is 3.59. The molecule has 0 aromatic heterocycles. The Balaban J connectivity index is 1.96. The second-order valence-electron chi connectivity index (χ2n) is 4.50. The molecule has 0 aromatic rings. The highest BCUT2D eigenvalue weighted by molar-refractivity contribution is 5.73. The lowest BCUT2D eigenvalue weighted by Gasteiger charge is -2.47. The van der Waals surface area contributed by atoms with Gasteiger partial charge in [0.25, 0.3) is 0 Å². The first kappa shape index (κ1) is 9.93. The Kier molecular flexibility index (Phi) is 2.49. The lowest BCUT2D eigenvalue weighted by molar-refractivity contribution is -0.156. The summed E-state index contributed by atoms with van der Waals surface area (Å²) < 4.78 is 5.71. The predicted octanol–water partition coefficient (Wildman–Crippen LogP) is 0.748. The first-order valence-corrected chi connectivity index (χ1v) is 5.25. The van der Waals surface area contributed by atoms with Gasteiger partial charge in [-0.15, -0.1) is 0 Å². The predicted molar refractivity (Wildman–Crippen MR) is 50.9 cm³/mol. The Labute approximate surface area is 83.4 Å². The minimum Gasteiger partial charge on any atom is -0.480 e. The average Bonchev–Trinajstić information content (AvgIpc) is 2.14. The standard InChI is InChI=1S/C10H17NO3/c11-8(9(12)13)7-2-5-14-10(6-7)3-1-4-10/h7-8H,1-6,11H2,(H,12,13)/t7-,8-/m0/s1. The van der Waals surface area contributed by atoms with Gasteiger partial charge in [-0.25, -0.2) is 0 Å². The van der Waals surface area contributed by atoms with E-state index in [0.717, 1.165) is 25.7 Å². The molecule has 1 saturated carbocycles. The van der Waals surface area contributed by atoms with Gasteiger partial charge in [-0.05, 0) is 38.0 Å². The number of carbonyl (C=O) groups is 1. The van der Waals surface area contributed by atoms with Crippen molar-refractivity contribution in [1.82, 2.24) is 0 Å². The maximum absolute atomic E-state index is 10.8. The molecule has 14 heavy (non-hydrogen) atoms. The zero-order valence-corrected chi connectivity index (χ0v) is 8.24. The molecule has 3 N–H and O–H groups in total. The molecule has 2 atom stereocenters. The van der Waals surface area contributed by atoms with E-state index in [1.807, 2.05) is 0 Å². The van der Waals surface area contributed by atoms with Crippen molar-refractivity contribution in [3.8, 4) is 0 Å². The largest absolute Gasteiger partial charge is 0.480 e. The number of rotatable bonds is 2. The van der Waals surface area contributed by atoms with Gasteiger partial charge in [-0.1, -0.05) is 0 Å². The van der Waals surface area contributed by atoms with Crippen LogP contribution in [0.25, 0.3) is 0 Å². The highest BCUT2D eigenvalue weighted by Crippen LogP contribution is 2.44. The quantitative estimate of drug-likeness (QED) is 0.688. The molecule has 0 unspecified atom stereocenters. The molecule has 0 radical (unpaired) electrons. The maximum Gasteiger partial charge on any atom is 0.320 e. The Bertz CT molecular complexity index is 238. The van der Waals surface area contributed by atoms with Gasteiger partial charge in [0.05, 0.1) is 5.60 Å². The van der Waals surface area contributed by atoms with Crippen LogP contribution in [0.5, 0.6) is 0 Å². The van der Waals surface area contributed by atoms with Crippen LogP contribution in [-0.2, 0) is 9.53 Å². The van der Waals surface area contributed by atoms with Crippen molar-refractivity contribution in [2.45, 2.75) is 43.7 Å². The Morgan fingerprint density at radius 2 is 2.29 bits per heavy atom. The van der Waals surface area contributed by atoms with Crippen molar-refractivity contribution in [3.63, 3.8) is 0 Å². The number of hydrogen-bond acceptors (Lipinski definition) is 3. The van der Waals surface area contributed by atoms with Gasteiger partial charge in [0.2, 0.25) is 0 Å². The molecular weight excluding hydrogens is 182 g/mol. The number of nitrogens with two attached hydrogens (primary N) is 1. The van der Waals surface area contributed by atoms with Crippen LogP contribution in [-0.4, -0.2) is 29.3 Å². The van der Waals surface area contributed by atoms with E-state index in [1.54, 1.807) is 0 Å². The molecule has 4 heteroatoms. The molecule has 1 saturated heterocycles. The van der Waals surface area contributed by atoms with Crippen molar-refractivity contribution in [2.24, 2.45) is 11.7 Å². The van der Waals surface area contributed by atoms with Gasteiger partial charge >= 0.3 is 5.97 Å². The van der Waals surface area contributed by atoms with Crippen LogP contribution in [0.1, 0.15) is 32.1 Å². The third kappa shape index (κ3) is 1.64. The molecule has 1 heterocycles. The zero-order chi connectivity index (χ0) is 10.2. The molecular formula is C10H17NO3. The van der Waals surface area contributed by atoms with Crippen LogP contribution in [0.2, 0.25) is 0 Å². The minimum atomic E-state index is -0.883. The van der Waals surface area contributed by atoms with E-state index >= 15 is 0 Å². The van der Waals surface area contributed by atoms with E-state index in [4.69, 9.17) is 15.6 Å². The average molecular weight is 199 g/mol. The van der Waals surface area contributed by atoms with Crippen molar-refractivity contribution >= 4 is 5.97 Å². The summed E-state index contributed by atoms with van der Waals surface area (Å²) in [6, 6.07) is -0.712. The van der Waals surface area contributed by atoms with E-state index in [-0.39, 0.29) is 11.5 Å². The molecule has 0 bridgehead atoms. The summed E-state index contributed by atoms with van der Waals surface area (Å²) in [5.41, 5.74) is 5.63. The number of carboxylic acids is 1. The molecule has 1 aliphatic heterocycles. The van der Waals surface area contributed by atoms with Crippen molar-refractivity contribution in [2.75, 3.05) is 6.61 Å². The lowest BCUT2D eigenvalue weighted by atomic mass is 9.70. The smallest absolute Gasteiger partial charge is 0.320 e. The van der Waals surface area contributed by atoms with E-state index in [0.29, 0.717) is 6.61 Å². The summed E-state index contributed by atoms with van der Waals surface area (Å²) in [6.45, 7) is 0.672. The van der Waals surface area contributed by atoms with Gasteiger partial charge in [0, 0.05) is 6.61 Å². The zero-order valence-electron chi connectivity index (χ0n) is 8.24. The summed E-state index contributed by atoms with van der Waals surface area (Å²) in [6.07, 6.45) is 4.98. The topological polar surface area (TPSA) is 72.6 Å². The minimum absolute atomic E-state index is 0.00398. The van der Waals surface area contributed by atoms with E-state index in [2.05, 4.69) is 0 Å². The Morgan fingerprint density at radius 3 is 2.79 bits per heavy atom. The van der Waals surface area contributed by atoms with Gasteiger partial charge < -0.3 is 15.6 Å². The summed E-state index contributed by atoms with van der Waals surface area (Å²) in [7, 11) is 0. The third-order valence-electron chi connectivity index (χ3n) is 3.59. The SMILES string of the molecule is N[C@H](C(=O)O)[C@H]1CCOC2(CCC2)C1. The van der Waals surface area contributed by atoms with E-state index in [1.165, 1.54) is 6.42 Å². The number of ether oxygens (including phenoxy) is 1. The Hall–Kier alpha value is -0.610. The lowest BCUT2D eigenvalue weighted by Crippen LogP contribution is -2.51. The number of carboxylic acid groups (broad SMARTS) is 1. The van der Waals surface area contributed by atoms with Crippen molar-refractivity contribution in [3.05, 3.63) is 0 Å². The molecule has 2 fully saturated rings. The number of hydrogen-bond donors (Lipinski definition) is 2. The maximum atomic E-state index is 10.8. The summed E-state index contributed by atoms with van der Waals surface area (Å²) in [5, 5.41) is 8.83. The fourth-order valence-corrected chi connectivity index (χ4v) is 2.49. The summed E-state index contributed by atoms with van der Waals surface area (Å²) in [4.78, 5) is 10.8. The molecule has 1 aliphatic carbocycles. The van der Waals surface area contributed by atoms with Crippen LogP contribution in [0.4, 0.5) is 0 Å². The van der Waals surface area contributed by atoms with E-state index in [9.17, 15) is 4.79 Å². The first-order valence-electron chi connectivity index (χ1n) is 5.25. The van der Waals surface area contributed by atoms with E-state index < -0.39 is 12.0 Å². The fraction of sp³-hybridized carbons (Fsp3) is 0.900. The molecule has 2 rings (SSSR count). The van der Waals surface area contributed by atoms with Gasteiger partial charge in [-0.2, -0.15) is 0 Å². The highest BCUT2D eigenvalue weighted by Gasteiger charge is 2.44. The van der Waals surface area contributed by atoms with Crippen LogP contribution >= 0.6 is 0 Å². The fourth-order valence-electron chi connectivity index (χ4n) is 2.49. The Morgan fingerprint density at radius 1 is 1.57 bits per heavy atom. The molecule has 0 aromatic carbocycles. The summed E-state index contributed by atoms with van der Waals surface area (Å²) >= 11 is 0. The number of aliphatic carboxylic acids is 1. The summed E-state index contributed by atoms with van der Waals surface area (Å²) in [5.74, 6) is -0.784. The normalized spacial score (nSPS) is 32.2. The monoisotopic (exact) mass is 199 g/mol. The van der Waals surface area contributed by atoms with Crippen molar-refractivity contribution in [1.29, 1.82) is 0 Å². The van der Waals surface area contributed by atoms with Crippen LogP contribution < -0.4 is 5.73 Å². The highest BCUT2D eigenvalue weighted by atomic mass is 16.5. The molecule has 80 valence electrons. The first-order chi connectivity index (χ1) is 6.63. The molecule has 0 amide bonds. The van der Waals surface area contributed by atoms with Crippen LogP contribution in [0.15, 0.2) is 0 Å². The molecule has 1 spiro atoms. The van der Waals surface area contributed by atoms with Crippen LogP contribution in [0.3, 0.4) is 0 Å². The van der Waals surface area contributed by atoms with Gasteiger partial charge in [0.1, 0.15) is 6.04 Å². The van der Waals surface area contributed by atoms with Crippen molar-refractivity contribution < 1.29 is 14.6 Å². The molecule has 4 nitrogen and oxygen atoms in total. The van der Waals surface area contributed by atoms with Gasteiger partial charge in [-0.3, -0.25) is 4.79 Å². The van der Waals surface area contributed by atoms with Gasteiger partial charge in [0.15, 0.2) is 0 Å². The second-order valence-corrected chi connectivity index (χ2v) is 4.50.